The van der Waals surface area contributed by atoms with Gasteiger partial charge in [-0.05, 0) is 80.9 Å². The minimum absolute atomic E-state index is 1.07. The van der Waals surface area contributed by atoms with Crippen molar-refractivity contribution in [3.63, 3.8) is 0 Å². The Morgan fingerprint density at radius 1 is 0.556 bits per heavy atom. The van der Waals surface area contributed by atoms with E-state index in [1.807, 2.05) is 12.2 Å². The van der Waals surface area contributed by atoms with Gasteiger partial charge >= 0.3 is 0 Å². The van der Waals surface area contributed by atoms with Crippen LogP contribution in [0.2, 0.25) is 0 Å². The van der Waals surface area contributed by atoms with Crippen molar-refractivity contribution in [3.8, 4) is 0 Å². The summed E-state index contributed by atoms with van der Waals surface area (Å²) in [4.78, 5) is 2.37. The molecule has 0 saturated heterocycles. The Labute approximate surface area is 212 Å². The molecule has 6 rings (SSSR count). The molecule has 0 aliphatic rings. The molecule has 36 heavy (non-hydrogen) atoms. The molecule has 0 N–H and O–H groups in total. The van der Waals surface area contributed by atoms with E-state index >= 15 is 0 Å². The number of hydrogen-bond acceptors (Lipinski definition) is 1. The van der Waals surface area contributed by atoms with Gasteiger partial charge in [0.05, 0.1) is 5.69 Å². The zero-order valence-electron chi connectivity index (χ0n) is 20.4. The van der Waals surface area contributed by atoms with Gasteiger partial charge in [0, 0.05) is 16.8 Å². The minimum Gasteiger partial charge on any atom is -0.310 e. The summed E-state index contributed by atoms with van der Waals surface area (Å²) < 4.78 is 0. The standard InChI is InChI=1S/C35H27N/c1-4-25-22-35(33-16-9-8-15-32(33)30(25)5-2)36(28-13-10-11-24(3)21-28)29-20-19-27-18-17-26-12-6-7-14-31(26)34(27)23-29/h4-23H,1-2H2,3H3. The fourth-order valence-corrected chi connectivity index (χ4v) is 5.30. The molecular weight excluding hydrogens is 434 g/mol. The fourth-order valence-electron chi connectivity index (χ4n) is 5.30. The number of rotatable bonds is 5. The maximum atomic E-state index is 4.12. The van der Waals surface area contributed by atoms with Crippen molar-refractivity contribution < 1.29 is 0 Å². The summed E-state index contributed by atoms with van der Waals surface area (Å²) in [5.74, 6) is 0. The first-order valence-corrected chi connectivity index (χ1v) is 12.3. The van der Waals surface area contributed by atoms with Crippen LogP contribution in [0, 0.1) is 6.92 Å². The summed E-state index contributed by atoms with van der Waals surface area (Å²) in [5, 5.41) is 7.35. The summed E-state index contributed by atoms with van der Waals surface area (Å²) in [6.45, 7) is 10.4. The van der Waals surface area contributed by atoms with Gasteiger partial charge in [-0.3, -0.25) is 0 Å². The molecule has 0 aromatic heterocycles. The predicted molar refractivity (Wildman–Crippen MR) is 159 cm³/mol. The van der Waals surface area contributed by atoms with E-state index < -0.39 is 0 Å². The number of fused-ring (bicyclic) bond motifs is 4. The molecule has 6 aromatic carbocycles. The third-order valence-electron chi connectivity index (χ3n) is 7.01. The van der Waals surface area contributed by atoms with E-state index in [2.05, 4.69) is 134 Å². The molecule has 0 radical (unpaired) electrons. The molecule has 1 heteroatoms. The molecule has 0 fully saturated rings. The summed E-state index contributed by atoms with van der Waals surface area (Å²) in [5.41, 5.74) is 6.77. The van der Waals surface area contributed by atoms with Crippen molar-refractivity contribution in [1.29, 1.82) is 0 Å². The third kappa shape index (κ3) is 3.57. The Morgan fingerprint density at radius 3 is 1.97 bits per heavy atom. The monoisotopic (exact) mass is 461 g/mol. The second-order valence-electron chi connectivity index (χ2n) is 9.22. The highest BCUT2D eigenvalue weighted by molar-refractivity contribution is 6.10. The summed E-state index contributed by atoms with van der Waals surface area (Å²) in [7, 11) is 0. The number of anilines is 3. The Hall–Kier alpha value is -4.62. The summed E-state index contributed by atoms with van der Waals surface area (Å²) in [6, 6.07) is 39.3. The molecule has 0 saturated carbocycles. The Bertz CT molecular complexity index is 1790. The lowest BCUT2D eigenvalue weighted by Gasteiger charge is -2.28. The van der Waals surface area contributed by atoms with Gasteiger partial charge in [0.1, 0.15) is 0 Å². The molecule has 0 spiro atoms. The lowest BCUT2D eigenvalue weighted by molar-refractivity contribution is 1.29. The Kier molecular flexibility index (Phi) is 5.39. The van der Waals surface area contributed by atoms with Gasteiger partial charge in [0.25, 0.3) is 0 Å². The molecule has 0 amide bonds. The second-order valence-corrected chi connectivity index (χ2v) is 9.22. The van der Waals surface area contributed by atoms with Crippen molar-refractivity contribution in [3.05, 3.63) is 139 Å². The van der Waals surface area contributed by atoms with E-state index in [9.17, 15) is 0 Å². The zero-order valence-corrected chi connectivity index (χ0v) is 20.4. The van der Waals surface area contributed by atoms with Crippen LogP contribution < -0.4 is 4.90 Å². The lowest BCUT2D eigenvalue weighted by Crippen LogP contribution is -2.11. The predicted octanol–water partition coefficient (Wildman–Crippen LogP) is 10.2. The minimum atomic E-state index is 1.07. The summed E-state index contributed by atoms with van der Waals surface area (Å²) >= 11 is 0. The van der Waals surface area contributed by atoms with E-state index in [4.69, 9.17) is 0 Å². The van der Waals surface area contributed by atoms with Gasteiger partial charge in [-0.25, -0.2) is 0 Å². The molecule has 0 aliphatic carbocycles. The number of aryl methyl sites for hydroxylation is 1. The highest BCUT2D eigenvalue weighted by Gasteiger charge is 2.19. The van der Waals surface area contributed by atoms with Gasteiger partial charge in [-0.2, -0.15) is 0 Å². The molecule has 0 aliphatic heterocycles. The van der Waals surface area contributed by atoms with Crippen LogP contribution in [0.15, 0.2) is 122 Å². The first kappa shape index (κ1) is 21.9. The largest absolute Gasteiger partial charge is 0.310 e. The SMILES string of the molecule is C=Cc1cc(N(c2cccc(C)c2)c2ccc3ccc4ccccc4c3c2)c2ccccc2c1C=C. The third-order valence-corrected chi connectivity index (χ3v) is 7.01. The molecule has 0 heterocycles. The summed E-state index contributed by atoms with van der Waals surface area (Å²) in [6.07, 6.45) is 3.86. The van der Waals surface area contributed by atoms with Gasteiger partial charge in [0.2, 0.25) is 0 Å². The van der Waals surface area contributed by atoms with Crippen LogP contribution in [-0.4, -0.2) is 0 Å². The Balaban J connectivity index is 1.71. The topological polar surface area (TPSA) is 3.24 Å². The Morgan fingerprint density at radius 2 is 1.22 bits per heavy atom. The van der Waals surface area contributed by atoms with Crippen molar-refractivity contribution in [2.24, 2.45) is 0 Å². The molecule has 0 bridgehead atoms. The van der Waals surface area contributed by atoms with Gasteiger partial charge in [-0.15, -0.1) is 0 Å². The highest BCUT2D eigenvalue weighted by atomic mass is 15.1. The van der Waals surface area contributed by atoms with E-state index in [0.717, 1.165) is 28.2 Å². The first-order chi connectivity index (χ1) is 17.7. The molecular formula is C35H27N. The van der Waals surface area contributed by atoms with E-state index in [1.54, 1.807) is 0 Å². The average molecular weight is 462 g/mol. The zero-order chi connectivity index (χ0) is 24.6. The normalized spacial score (nSPS) is 11.1. The average Bonchev–Trinajstić information content (AvgIpc) is 2.93. The maximum Gasteiger partial charge on any atom is 0.0546 e. The molecule has 0 unspecified atom stereocenters. The van der Waals surface area contributed by atoms with Gasteiger partial charge in [0.15, 0.2) is 0 Å². The van der Waals surface area contributed by atoms with E-state index in [0.29, 0.717) is 0 Å². The van der Waals surface area contributed by atoms with Crippen LogP contribution in [-0.2, 0) is 0 Å². The number of nitrogens with zero attached hydrogens (tertiary/aromatic N) is 1. The molecule has 172 valence electrons. The smallest absolute Gasteiger partial charge is 0.0546 e. The quantitative estimate of drug-likeness (QED) is 0.231. The van der Waals surface area contributed by atoms with Crippen molar-refractivity contribution >= 4 is 61.5 Å². The van der Waals surface area contributed by atoms with Crippen LogP contribution in [0.1, 0.15) is 16.7 Å². The van der Waals surface area contributed by atoms with Gasteiger partial charge < -0.3 is 4.90 Å². The van der Waals surface area contributed by atoms with Crippen LogP contribution in [0.3, 0.4) is 0 Å². The van der Waals surface area contributed by atoms with Crippen LogP contribution in [0.5, 0.6) is 0 Å². The van der Waals surface area contributed by atoms with Crippen LogP contribution in [0.25, 0.3) is 44.5 Å². The van der Waals surface area contributed by atoms with Crippen LogP contribution >= 0.6 is 0 Å². The number of hydrogen-bond donors (Lipinski definition) is 0. The highest BCUT2D eigenvalue weighted by Crippen LogP contribution is 2.43. The lowest BCUT2D eigenvalue weighted by atomic mass is 9.95. The van der Waals surface area contributed by atoms with Crippen molar-refractivity contribution in [2.75, 3.05) is 4.90 Å². The van der Waals surface area contributed by atoms with E-state index in [-0.39, 0.29) is 0 Å². The van der Waals surface area contributed by atoms with E-state index in [1.165, 1.54) is 37.9 Å². The van der Waals surface area contributed by atoms with Crippen molar-refractivity contribution in [1.82, 2.24) is 0 Å². The first-order valence-electron chi connectivity index (χ1n) is 12.3. The molecule has 1 nitrogen and oxygen atoms in total. The molecule has 6 aromatic rings. The number of benzene rings is 6. The maximum absolute atomic E-state index is 4.12. The fraction of sp³-hybridized carbons (Fsp3) is 0.0286. The molecule has 0 atom stereocenters. The van der Waals surface area contributed by atoms with Crippen molar-refractivity contribution in [2.45, 2.75) is 6.92 Å². The van der Waals surface area contributed by atoms with Gasteiger partial charge in [-0.1, -0.05) is 104 Å². The van der Waals surface area contributed by atoms with Crippen LogP contribution in [0.4, 0.5) is 17.1 Å². The second kappa shape index (κ2) is 8.87.